The van der Waals surface area contributed by atoms with Gasteiger partial charge in [0, 0.05) is 43.7 Å². The highest BCUT2D eigenvalue weighted by atomic mass is 16.2. The molecule has 0 saturated carbocycles. The van der Waals surface area contributed by atoms with E-state index in [1.54, 1.807) is 11.8 Å². The number of piperidine rings is 1. The number of amides is 2. The van der Waals surface area contributed by atoms with E-state index in [1.165, 1.54) is 0 Å². The number of H-pyrrole nitrogens is 1. The minimum absolute atomic E-state index is 0.0393. The van der Waals surface area contributed by atoms with Crippen molar-refractivity contribution in [2.45, 2.75) is 40.2 Å². The Hall–Kier alpha value is -2.11. The Morgan fingerprint density at radius 1 is 1.32 bits per heavy atom. The van der Waals surface area contributed by atoms with Gasteiger partial charge in [-0.05, 0) is 38.3 Å². The smallest absolute Gasteiger partial charge is 0.253 e. The molecule has 1 aliphatic heterocycles. The van der Waals surface area contributed by atoms with Crippen molar-refractivity contribution in [2.75, 3.05) is 13.1 Å². The summed E-state index contributed by atoms with van der Waals surface area (Å²) >= 11 is 0. The van der Waals surface area contributed by atoms with Gasteiger partial charge in [0.25, 0.3) is 5.56 Å². The van der Waals surface area contributed by atoms with Gasteiger partial charge in [0.15, 0.2) is 0 Å². The van der Waals surface area contributed by atoms with E-state index in [4.69, 9.17) is 0 Å². The molecule has 1 aromatic heterocycles. The Morgan fingerprint density at radius 2 is 1.95 bits per heavy atom. The van der Waals surface area contributed by atoms with Crippen LogP contribution in [0.25, 0.3) is 0 Å². The standard InChI is InChI=1S/C16H23N3O3/c1-10-8-11(2)18-16(22)14(10)9-17-15(21)13-4-6-19(7-5-13)12(3)20/h8,13H,4-7,9H2,1-3H3,(H,17,21)(H,18,22). The molecule has 1 aromatic rings. The Morgan fingerprint density at radius 3 is 2.50 bits per heavy atom. The number of carbonyl (C=O) groups excluding carboxylic acids is 2. The molecule has 0 spiro atoms. The summed E-state index contributed by atoms with van der Waals surface area (Å²) in [4.78, 5) is 39.9. The van der Waals surface area contributed by atoms with E-state index in [-0.39, 0.29) is 29.8 Å². The second kappa shape index (κ2) is 6.77. The zero-order chi connectivity index (χ0) is 16.3. The molecule has 22 heavy (non-hydrogen) atoms. The van der Waals surface area contributed by atoms with Crippen molar-refractivity contribution in [3.63, 3.8) is 0 Å². The highest BCUT2D eigenvalue weighted by Gasteiger charge is 2.25. The maximum Gasteiger partial charge on any atom is 0.253 e. The first-order chi connectivity index (χ1) is 10.4. The maximum atomic E-state index is 12.2. The molecule has 2 rings (SSSR count). The van der Waals surface area contributed by atoms with Gasteiger partial charge in [-0.3, -0.25) is 14.4 Å². The zero-order valence-electron chi connectivity index (χ0n) is 13.4. The quantitative estimate of drug-likeness (QED) is 0.869. The van der Waals surface area contributed by atoms with E-state index >= 15 is 0 Å². The van der Waals surface area contributed by atoms with Gasteiger partial charge in [-0.1, -0.05) is 0 Å². The molecule has 6 heteroatoms. The highest BCUT2D eigenvalue weighted by molar-refractivity contribution is 5.79. The highest BCUT2D eigenvalue weighted by Crippen LogP contribution is 2.17. The summed E-state index contributed by atoms with van der Waals surface area (Å²) in [7, 11) is 0. The van der Waals surface area contributed by atoms with Crippen LogP contribution in [0.1, 0.15) is 36.6 Å². The van der Waals surface area contributed by atoms with Gasteiger partial charge < -0.3 is 15.2 Å². The number of nitrogens with one attached hydrogen (secondary N) is 2. The molecule has 120 valence electrons. The number of hydrogen-bond donors (Lipinski definition) is 2. The van der Waals surface area contributed by atoms with E-state index < -0.39 is 0 Å². The largest absolute Gasteiger partial charge is 0.352 e. The van der Waals surface area contributed by atoms with E-state index in [1.807, 2.05) is 19.9 Å². The topological polar surface area (TPSA) is 82.3 Å². The van der Waals surface area contributed by atoms with Crippen molar-refractivity contribution < 1.29 is 9.59 Å². The predicted molar refractivity (Wildman–Crippen MR) is 83.4 cm³/mol. The molecule has 2 heterocycles. The molecular formula is C16H23N3O3. The van der Waals surface area contributed by atoms with E-state index in [0.29, 0.717) is 31.5 Å². The van der Waals surface area contributed by atoms with Crippen LogP contribution in [0.2, 0.25) is 0 Å². The lowest BCUT2D eigenvalue weighted by Crippen LogP contribution is -2.42. The lowest BCUT2D eigenvalue weighted by Gasteiger charge is -2.30. The average Bonchev–Trinajstić information content (AvgIpc) is 2.46. The lowest BCUT2D eigenvalue weighted by molar-refractivity contribution is -0.134. The number of aromatic nitrogens is 1. The number of aromatic amines is 1. The van der Waals surface area contributed by atoms with E-state index in [9.17, 15) is 14.4 Å². The van der Waals surface area contributed by atoms with Gasteiger partial charge in [-0.2, -0.15) is 0 Å². The summed E-state index contributed by atoms with van der Waals surface area (Å²) in [5, 5.41) is 2.85. The molecule has 2 amide bonds. The molecule has 1 aliphatic rings. The van der Waals surface area contributed by atoms with Crippen molar-refractivity contribution in [1.82, 2.24) is 15.2 Å². The summed E-state index contributed by atoms with van der Waals surface area (Å²) in [6.07, 6.45) is 1.35. The number of aryl methyl sites for hydroxylation is 2. The molecule has 0 unspecified atom stereocenters. The molecule has 0 bridgehead atoms. The third-order valence-electron chi connectivity index (χ3n) is 4.24. The van der Waals surface area contributed by atoms with Crippen molar-refractivity contribution in [3.8, 4) is 0 Å². The number of likely N-dealkylation sites (tertiary alicyclic amines) is 1. The van der Waals surface area contributed by atoms with Crippen LogP contribution in [0.4, 0.5) is 0 Å². The molecule has 0 radical (unpaired) electrons. The van der Waals surface area contributed by atoms with Crippen LogP contribution in [0.3, 0.4) is 0 Å². The van der Waals surface area contributed by atoms with Crippen molar-refractivity contribution in [3.05, 3.63) is 33.2 Å². The number of nitrogens with zero attached hydrogens (tertiary/aromatic N) is 1. The third-order valence-corrected chi connectivity index (χ3v) is 4.24. The van der Waals surface area contributed by atoms with Crippen LogP contribution in [-0.2, 0) is 16.1 Å². The normalized spacial score (nSPS) is 15.7. The van der Waals surface area contributed by atoms with Gasteiger partial charge in [0.05, 0.1) is 0 Å². The van der Waals surface area contributed by atoms with Crippen LogP contribution in [0.15, 0.2) is 10.9 Å². The van der Waals surface area contributed by atoms with Gasteiger partial charge in [-0.25, -0.2) is 0 Å². The first-order valence-corrected chi connectivity index (χ1v) is 7.61. The molecule has 1 fully saturated rings. The van der Waals surface area contributed by atoms with Crippen LogP contribution in [0, 0.1) is 19.8 Å². The second-order valence-corrected chi connectivity index (χ2v) is 5.94. The summed E-state index contributed by atoms with van der Waals surface area (Å²) in [6.45, 7) is 6.74. The summed E-state index contributed by atoms with van der Waals surface area (Å²) in [5.41, 5.74) is 2.14. The van der Waals surface area contributed by atoms with Gasteiger partial charge in [0.1, 0.15) is 0 Å². The van der Waals surface area contributed by atoms with Gasteiger partial charge in [0.2, 0.25) is 11.8 Å². The van der Waals surface area contributed by atoms with Crippen molar-refractivity contribution >= 4 is 11.8 Å². The average molecular weight is 305 g/mol. The lowest BCUT2D eigenvalue weighted by atomic mass is 9.95. The molecule has 0 atom stereocenters. The molecule has 2 N–H and O–H groups in total. The molecule has 6 nitrogen and oxygen atoms in total. The van der Waals surface area contributed by atoms with Crippen LogP contribution in [0.5, 0.6) is 0 Å². The molecule has 0 aromatic carbocycles. The molecule has 0 aliphatic carbocycles. The fraction of sp³-hybridized carbons (Fsp3) is 0.562. The Balaban J connectivity index is 1.92. The summed E-state index contributed by atoms with van der Waals surface area (Å²) in [5.74, 6) is -0.0660. The second-order valence-electron chi connectivity index (χ2n) is 5.94. The van der Waals surface area contributed by atoms with E-state index in [2.05, 4.69) is 10.3 Å². The van der Waals surface area contributed by atoms with Gasteiger partial charge in [-0.15, -0.1) is 0 Å². The van der Waals surface area contributed by atoms with Crippen molar-refractivity contribution in [1.29, 1.82) is 0 Å². The SMILES string of the molecule is CC(=O)N1CCC(C(=O)NCc2c(C)cc(C)[nH]c2=O)CC1. The number of rotatable bonds is 3. The minimum atomic E-state index is -0.149. The Bertz CT molecular complexity index is 628. The van der Waals surface area contributed by atoms with Crippen molar-refractivity contribution in [2.24, 2.45) is 5.92 Å². The Kier molecular flexibility index (Phi) is 5.00. The zero-order valence-corrected chi connectivity index (χ0v) is 13.4. The van der Waals surface area contributed by atoms with Crippen LogP contribution in [-0.4, -0.2) is 34.8 Å². The van der Waals surface area contributed by atoms with E-state index in [0.717, 1.165) is 11.3 Å². The fourth-order valence-electron chi connectivity index (χ4n) is 2.88. The minimum Gasteiger partial charge on any atom is -0.352 e. The third kappa shape index (κ3) is 3.75. The number of pyridine rings is 1. The first kappa shape index (κ1) is 16.3. The first-order valence-electron chi connectivity index (χ1n) is 7.61. The monoisotopic (exact) mass is 305 g/mol. The molecular weight excluding hydrogens is 282 g/mol. The van der Waals surface area contributed by atoms with Crippen LogP contribution < -0.4 is 10.9 Å². The van der Waals surface area contributed by atoms with Crippen LogP contribution >= 0.6 is 0 Å². The number of hydrogen-bond acceptors (Lipinski definition) is 3. The fourth-order valence-corrected chi connectivity index (χ4v) is 2.88. The molecule has 1 saturated heterocycles. The maximum absolute atomic E-state index is 12.2. The summed E-state index contributed by atoms with van der Waals surface area (Å²) < 4.78 is 0. The Labute approximate surface area is 129 Å². The predicted octanol–water partition coefficient (Wildman–Crippen LogP) is 0.866. The summed E-state index contributed by atoms with van der Waals surface area (Å²) in [6, 6.07) is 1.90. The number of carbonyl (C=O) groups is 2. The van der Waals surface area contributed by atoms with Gasteiger partial charge >= 0.3 is 0 Å².